The molecule has 7 heteroatoms. The first-order valence-corrected chi connectivity index (χ1v) is 9.40. The Kier molecular flexibility index (Phi) is 7.66. The van der Waals surface area contributed by atoms with Crippen LogP contribution in [0.5, 0.6) is 0 Å². The van der Waals surface area contributed by atoms with Crippen LogP contribution in [0, 0.1) is 13.8 Å². The van der Waals surface area contributed by atoms with Gasteiger partial charge in [-0.1, -0.05) is 53.5 Å². The van der Waals surface area contributed by atoms with Gasteiger partial charge in [0.25, 0.3) is 5.91 Å². The molecular weight excluding hydrogens is 385 g/mol. The third kappa shape index (κ3) is 6.24. The van der Waals surface area contributed by atoms with Crippen LogP contribution in [0.15, 0.2) is 36.4 Å². The number of para-hydroxylation sites is 1. The second-order valence-electron chi connectivity index (χ2n) is 6.62. The number of anilines is 1. The van der Waals surface area contributed by atoms with Gasteiger partial charge in [-0.15, -0.1) is 0 Å². The molecule has 5 nitrogen and oxygen atoms in total. The van der Waals surface area contributed by atoms with Crippen molar-refractivity contribution in [2.24, 2.45) is 0 Å². The third-order valence-electron chi connectivity index (χ3n) is 4.18. The number of carbonyl (C=O) groups is 2. The number of halogens is 2. The smallest absolute Gasteiger partial charge is 0.275 e. The lowest BCUT2D eigenvalue weighted by molar-refractivity contribution is -0.885. The second kappa shape index (κ2) is 9.74. The van der Waals surface area contributed by atoms with Crippen molar-refractivity contribution < 1.29 is 14.5 Å². The highest BCUT2D eigenvalue weighted by Gasteiger charge is 2.15. The fraction of sp³-hybridized carbons (Fsp3) is 0.300. The van der Waals surface area contributed by atoms with E-state index in [9.17, 15) is 9.59 Å². The van der Waals surface area contributed by atoms with Crippen LogP contribution < -0.4 is 15.5 Å². The average Bonchev–Trinajstić information content (AvgIpc) is 2.60. The van der Waals surface area contributed by atoms with Gasteiger partial charge in [0.05, 0.1) is 23.6 Å². The molecular formula is C20H24Cl2N3O2+. The van der Waals surface area contributed by atoms with Gasteiger partial charge in [0.2, 0.25) is 5.91 Å². The van der Waals surface area contributed by atoms with Crippen LogP contribution >= 0.6 is 23.2 Å². The maximum Gasteiger partial charge on any atom is 0.275 e. The summed E-state index contributed by atoms with van der Waals surface area (Å²) in [6.07, 6.45) is 0. The van der Waals surface area contributed by atoms with Gasteiger partial charge in [-0.25, -0.2) is 0 Å². The van der Waals surface area contributed by atoms with Crippen molar-refractivity contribution in [3.05, 3.63) is 63.1 Å². The van der Waals surface area contributed by atoms with E-state index in [1.165, 1.54) is 0 Å². The van der Waals surface area contributed by atoms with E-state index >= 15 is 0 Å². The molecule has 0 fully saturated rings. The molecule has 3 N–H and O–H groups in total. The summed E-state index contributed by atoms with van der Waals surface area (Å²) in [7, 11) is 1.88. The summed E-state index contributed by atoms with van der Waals surface area (Å²) in [5.74, 6) is -0.460. The van der Waals surface area contributed by atoms with Crippen LogP contribution in [-0.4, -0.2) is 32.0 Å². The van der Waals surface area contributed by atoms with Crippen molar-refractivity contribution >= 4 is 40.7 Å². The van der Waals surface area contributed by atoms with Crippen molar-refractivity contribution in [3.8, 4) is 0 Å². The fourth-order valence-corrected chi connectivity index (χ4v) is 3.17. The number of hydrogen-bond donors (Lipinski definition) is 3. The van der Waals surface area contributed by atoms with Crippen LogP contribution in [0.3, 0.4) is 0 Å². The summed E-state index contributed by atoms with van der Waals surface area (Å²) in [5, 5.41) is 6.50. The van der Waals surface area contributed by atoms with Gasteiger partial charge in [0.15, 0.2) is 6.54 Å². The number of hydrogen-bond acceptors (Lipinski definition) is 2. The van der Waals surface area contributed by atoms with Crippen molar-refractivity contribution in [1.29, 1.82) is 0 Å². The summed E-state index contributed by atoms with van der Waals surface area (Å²) in [6, 6.07) is 11.2. The van der Waals surface area contributed by atoms with Gasteiger partial charge in [-0.05, 0) is 31.0 Å². The Morgan fingerprint density at radius 1 is 1.00 bits per heavy atom. The molecule has 0 spiro atoms. The molecule has 0 saturated heterocycles. The molecule has 2 aromatic carbocycles. The molecule has 2 amide bonds. The number of carbonyl (C=O) groups excluding carboxylic acids is 2. The zero-order chi connectivity index (χ0) is 20.0. The molecule has 1 atom stereocenters. The number of likely N-dealkylation sites (N-methyl/N-ethyl adjacent to an activating group) is 1. The molecule has 144 valence electrons. The Hall–Kier alpha value is -2.08. The van der Waals surface area contributed by atoms with Gasteiger partial charge >= 0.3 is 0 Å². The van der Waals surface area contributed by atoms with E-state index < -0.39 is 0 Å². The standard InChI is InChI=1S/C20H23Cl2N3O2/c1-13-6-4-7-14(2)20(13)24-17(26)10-23-18(27)12-25(3)11-15-8-5-9-16(21)19(15)22/h4-9H,10-12H2,1-3H3,(H,23,27)(H,24,26)/p+1. The van der Waals surface area contributed by atoms with Crippen molar-refractivity contribution in [2.75, 3.05) is 25.5 Å². The van der Waals surface area contributed by atoms with Crippen LogP contribution in [0.2, 0.25) is 10.0 Å². The molecule has 0 radical (unpaired) electrons. The molecule has 0 heterocycles. The highest BCUT2D eigenvalue weighted by atomic mass is 35.5. The predicted molar refractivity (Wildman–Crippen MR) is 109 cm³/mol. The van der Waals surface area contributed by atoms with Gasteiger partial charge in [-0.2, -0.15) is 0 Å². The van der Waals surface area contributed by atoms with Crippen LogP contribution in [0.4, 0.5) is 5.69 Å². The Morgan fingerprint density at radius 2 is 1.63 bits per heavy atom. The fourth-order valence-electron chi connectivity index (χ4n) is 2.78. The topological polar surface area (TPSA) is 62.6 Å². The van der Waals surface area contributed by atoms with Crippen molar-refractivity contribution in [2.45, 2.75) is 20.4 Å². The van der Waals surface area contributed by atoms with E-state index in [1.807, 2.05) is 51.2 Å². The van der Waals surface area contributed by atoms with Gasteiger partial charge in [0, 0.05) is 11.3 Å². The van der Waals surface area contributed by atoms with E-state index in [0.29, 0.717) is 16.6 Å². The quantitative estimate of drug-likeness (QED) is 0.658. The zero-order valence-corrected chi connectivity index (χ0v) is 17.2. The van der Waals surface area contributed by atoms with Gasteiger partial charge in [0.1, 0.15) is 6.54 Å². The van der Waals surface area contributed by atoms with Crippen molar-refractivity contribution in [1.82, 2.24) is 5.32 Å². The first kappa shape index (κ1) is 21.2. The van der Waals surface area contributed by atoms with E-state index in [1.54, 1.807) is 6.07 Å². The first-order valence-electron chi connectivity index (χ1n) is 8.65. The Morgan fingerprint density at radius 3 is 2.30 bits per heavy atom. The minimum Gasteiger partial charge on any atom is -0.342 e. The van der Waals surface area contributed by atoms with E-state index in [2.05, 4.69) is 10.6 Å². The summed E-state index contributed by atoms with van der Waals surface area (Å²) in [5.41, 5.74) is 3.63. The lowest BCUT2D eigenvalue weighted by Crippen LogP contribution is -3.08. The van der Waals surface area contributed by atoms with Gasteiger partial charge < -0.3 is 15.5 Å². The molecule has 0 saturated carbocycles. The third-order valence-corrected chi connectivity index (χ3v) is 5.04. The monoisotopic (exact) mass is 408 g/mol. The summed E-state index contributed by atoms with van der Waals surface area (Å²) in [4.78, 5) is 25.2. The number of aryl methyl sites for hydroxylation is 2. The lowest BCUT2D eigenvalue weighted by Gasteiger charge is -2.15. The number of benzene rings is 2. The molecule has 27 heavy (non-hydrogen) atoms. The normalized spacial score (nSPS) is 11.7. The molecule has 2 aromatic rings. The Balaban J connectivity index is 1.81. The zero-order valence-electron chi connectivity index (χ0n) is 15.7. The van der Waals surface area contributed by atoms with E-state index in [0.717, 1.165) is 27.3 Å². The largest absolute Gasteiger partial charge is 0.342 e. The predicted octanol–water partition coefficient (Wildman–Crippen LogP) is 2.38. The molecule has 1 unspecified atom stereocenters. The van der Waals surface area contributed by atoms with Crippen LogP contribution in [0.1, 0.15) is 16.7 Å². The molecule has 0 aliphatic rings. The second-order valence-corrected chi connectivity index (χ2v) is 7.40. The Labute approximate surface area is 169 Å². The number of quaternary nitrogens is 1. The van der Waals surface area contributed by atoms with Crippen LogP contribution in [-0.2, 0) is 16.1 Å². The minimum atomic E-state index is -0.253. The molecule has 2 rings (SSSR count). The minimum absolute atomic E-state index is 0.0716. The average molecular weight is 409 g/mol. The molecule has 0 aliphatic heterocycles. The number of rotatable bonds is 7. The Bertz CT molecular complexity index is 820. The number of nitrogens with one attached hydrogen (secondary N) is 3. The molecule has 0 bridgehead atoms. The van der Waals surface area contributed by atoms with Gasteiger partial charge in [-0.3, -0.25) is 9.59 Å². The lowest BCUT2D eigenvalue weighted by atomic mass is 10.1. The maximum atomic E-state index is 12.1. The SMILES string of the molecule is Cc1cccc(C)c1NC(=O)CNC(=O)C[NH+](C)Cc1cccc(Cl)c1Cl. The first-order chi connectivity index (χ1) is 12.8. The highest BCUT2D eigenvalue weighted by Crippen LogP contribution is 2.24. The summed E-state index contributed by atoms with van der Waals surface area (Å²) >= 11 is 12.2. The van der Waals surface area contributed by atoms with E-state index in [4.69, 9.17) is 23.2 Å². The molecule has 0 aliphatic carbocycles. The van der Waals surface area contributed by atoms with Crippen LogP contribution in [0.25, 0.3) is 0 Å². The molecule has 0 aromatic heterocycles. The van der Waals surface area contributed by atoms with Crippen molar-refractivity contribution in [3.63, 3.8) is 0 Å². The maximum absolute atomic E-state index is 12.1. The number of amides is 2. The summed E-state index contributed by atoms with van der Waals surface area (Å²) < 4.78 is 0. The van der Waals surface area contributed by atoms with E-state index in [-0.39, 0.29) is 24.9 Å². The highest BCUT2D eigenvalue weighted by molar-refractivity contribution is 6.42. The summed E-state index contributed by atoms with van der Waals surface area (Å²) in [6.45, 7) is 4.57.